The highest BCUT2D eigenvalue weighted by Crippen LogP contribution is 2.28. The van der Waals surface area contributed by atoms with Crippen molar-refractivity contribution in [2.24, 2.45) is 0 Å². The van der Waals surface area contributed by atoms with E-state index in [-0.39, 0.29) is 23.9 Å². The quantitative estimate of drug-likeness (QED) is 0.629. The summed E-state index contributed by atoms with van der Waals surface area (Å²) in [6.07, 6.45) is 4.50. The van der Waals surface area contributed by atoms with Gasteiger partial charge >= 0.3 is 0 Å². The molecule has 1 heterocycles. The van der Waals surface area contributed by atoms with Crippen molar-refractivity contribution in [3.8, 4) is 0 Å². The number of hydrogen-bond acceptors (Lipinski definition) is 3. The van der Waals surface area contributed by atoms with E-state index in [1.807, 2.05) is 12.1 Å². The lowest BCUT2D eigenvalue weighted by Gasteiger charge is -2.19. The molecule has 0 spiro atoms. The monoisotopic (exact) mass is 189 g/mol. The highest BCUT2D eigenvalue weighted by Gasteiger charge is 2.26. The number of aromatic nitrogens is 1. The lowest BCUT2D eigenvalue weighted by Crippen LogP contribution is -2.21. The zero-order chi connectivity index (χ0) is 9.97. The molecule has 0 atom stereocenters. The minimum atomic E-state index is 0.0584. The maximum absolute atomic E-state index is 11.2. The smallest absolute Gasteiger partial charge is 0.140 e. The van der Waals surface area contributed by atoms with Crippen LogP contribution in [-0.4, -0.2) is 16.6 Å². The summed E-state index contributed by atoms with van der Waals surface area (Å²) in [5.74, 6) is 0.192. The molecule has 72 valence electrons. The van der Waals surface area contributed by atoms with Crippen LogP contribution in [0.3, 0.4) is 0 Å². The minimum absolute atomic E-state index is 0.0584. The number of rotatable bonds is 1. The summed E-state index contributed by atoms with van der Waals surface area (Å²) in [4.78, 5) is 26.3. The van der Waals surface area contributed by atoms with Crippen LogP contribution >= 0.6 is 0 Å². The second-order valence-corrected chi connectivity index (χ2v) is 3.64. The molecule has 2 rings (SSSR count). The van der Waals surface area contributed by atoms with Crippen molar-refractivity contribution < 1.29 is 9.59 Å². The van der Waals surface area contributed by atoms with Crippen LogP contribution in [-0.2, 0) is 9.59 Å². The number of Topliss-reactive ketones (excluding diaryl/α,β-unsaturated/α-hetero) is 2. The topological polar surface area (TPSA) is 47.0 Å². The van der Waals surface area contributed by atoms with Crippen LogP contribution in [0.15, 0.2) is 24.5 Å². The second kappa shape index (κ2) is 3.70. The van der Waals surface area contributed by atoms with Gasteiger partial charge in [-0.25, -0.2) is 0 Å². The third kappa shape index (κ3) is 1.87. The van der Waals surface area contributed by atoms with Crippen LogP contribution < -0.4 is 0 Å². The Morgan fingerprint density at radius 3 is 2.21 bits per heavy atom. The number of ketones is 2. The summed E-state index contributed by atoms with van der Waals surface area (Å²) >= 11 is 0. The van der Waals surface area contributed by atoms with Crippen LogP contribution in [0, 0.1) is 0 Å². The van der Waals surface area contributed by atoms with Crippen LogP contribution in [0.25, 0.3) is 0 Å². The van der Waals surface area contributed by atoms with Gasteiger partial charge in [0.25, 0.3) is 0 Å². The Labute approximate surface area is 82.2 Å². The van der Waals surface area contributed by atoms with E-state index in [0.717, 1.165) is 5.56 Å². The molecular weight excluding hydrogens is 178 g/mol. The average molecular weight is 189 g/mol. The molecule has 1 aliphatic carbocycles. The molecule has 0 saturated heterocycles. The molecule has 3 nitrogen and oxygen atoms in total. The van der Waals surface area contributed by atoms with Crippen LogP contribution in [0.2, 0.25) is 0 Å². The van der Waals surface area contributed by atoms with Crippen molar-refractivity contribution in [3.63, 3.8) is 0 Å². The molecule has 0 aromatic carbocycles. The molecule has 1 saturated carbocycles. The van der Waals surface area contributed by atoms with Crippen molar-refractivity contribution in [1.82, 2.24) is 4.98 Å². The first kappa shape index (κ1) is 9.06. The maximum Gasteiger partial charge on any atom is 0.140 e. The molecule has 3 heteroatoms. The van der Waals surface area contributed by atoms with Crippen LogP contribution in [0.1, 0.15) is 30.7 Å². The van der Waals surface area contributed by atoms with Gasteiger partial charge in [-0.05, 0) is 23.6 Å². The van der Waals surface area contributed by atoms with E-state index in [1.165, 1.54) is 0 Å². The van der Waals surface area contributed by atoms with Crippen molar-refractivity contribution in [1.29, 1.82) is 0 Å². The van der Waals surface area contributed by atoms with E-state index in [1.54, 1.807) is 12.4 Å². The van der Waals surface area contributed by atoms with E-state index < -0.39 is 0 Å². The van der Waals surface area contributed by atoms with Gasteiger partial charge in [-0.2, -0.15) is 0 Å². The molecule has 0 aliphatic heterocycles. The van der Waals surface area contributed by atoms with Crippen LogP contribution in [0.4, 0.5) is 0 Å². The van der Waals surface area contributed by atoms with Gasteiger partial charge in [-0.1, -0.05) is 0 Å². The molecule has 0 unspecified atom stereocenters. The van der Waals surface area contributed by atoms with Gasteiger partial charge in [-0.15, -0.1) is 0 Å². The fraction of sp³-hybridized carbons (Fsp3) is 0.364. The molecule has 1 fully saturated rings. The first-order valence-corrected chi connectivity index (χ1v) is 4.69. The number of nitrogens with zero attached hydrogens (tertiary/aromatic N) is 1. The normalized spacial score (nSPS) is 18.6. The molecule has 14 heavy (non-hydrogen) atoms. The fourth-order valence-electron chi connectivity index (χ4n) is 1.86. The van der Waals surface area contributed by atoms with E-state index in [2.05, 4.69) is 4.98 Å². The van der Waals surface area contributed by atoms with Gasteiger partial charge < -0.3 is 0 Å². The lowest BCUT2D eigenvalue weighted by atomic mass is 9.83. The van der Waals surface area contributed by atoms with Gasteiger partial charge in [-0.3, -0.25) is 14.6 Å². The summed E-state index contributed by atoms with van der Waals surface area (Å²) < 4.78 is 0. The van der Waals surface area contributed by atoms with E-state index in [9.17, 15) is 9.59 Å². The standard InChI is InChI=1S/C11H11NO2/c13-10-5-9(6-11(14)7-10)8-1-3-12-4-2-8/h1-4,9H,5-7H2. The van der Waals surface area contributed by atoms with Crippen molar-refractivity contribution in [2.45, 2.75) is 25.2 Å². The van der Waals surface area contributed by atoms with E-state index in [4.69, 9.17) is 0 Å². The number of pyridine rings is 1. The van der Waals surface area contributed by atoms with Crippen molar-refractivity contribution >= 4 is 11.6 Å². The zero-order valence-corrected chi connectivity index (χ0v) is 7.77. The van der Waals surface area contributed by atoms with Crippen molar-refractivity contribution in [2.75, 3.05) is 0 Å². The van der Waals surface area contributed by atoms with Gasteiger partial charge in [0.2, 0.25) is 0 Å². The van der Waals surface area contributed by atoms with Crippen LogP contribution in [0.5, 0.6) is 0 Å². The highest BCUT2D eigenvalue weighted by molar-refractivity contribution is 6.02. The van der Waals surface area contributed by atoms with E-state index >= 15 is 0 Å². The van der Waals surface area contributed by atoms with Gasteiger partial charge in [0.15, 0.2) is 0 Å². The third-order valence-corrected chi connectivity index (χ3v) is 2.52. The van der Waals surface area contributed by atoms with Gasteiger partial charge in [0.1, 0.15) is 11.6 Å². The summed E-state index contributed by atoms with van der Waals surface area (Å²) in [5.41, 5.74) is 1.04. The molecule has 1 aromatic heterocycles. The van der Waals surface area contributed by atoms with E-state index in [0.29, 0.717) is 12.8 Å². The Balaban J connectivity index is 2.19. The highest BCUT2D eigenvalue weighted by atomic mass is 16.1. The Morgan fingerprint density at radius 2 is 1.64 bits per heavy atom. The predicted octanol–water partition coefficient (Wildman–Crippen LogP) is 1.49. The first-order valence-electron chi connectivity index (χ1n) is 4.69. The molecule has 0 radical (unpaired) electrons. The Bertz CT molecular complexity index is 343. The molecule has 0 N–H and O–H groups in total. The first-order chi connectivity index (χ1) is 6.75. The van der Waals surface area contributed by atoms with Crippen molar-refractivity contribution in [3.05, 3.63) is 30.1 Å². The zero-order valence-electron chi connectivity index (χ0n) is 7.77. The van der Waals surface area contributed by atoms with Gasteiger partial charge in [0.05, 0.1) is 6.42 Å². The average Bonchev–Trinajstić information content (AvgIpc) is 2.18. The second-order valence-electron chi connectivity index (χ2n) is 3.64. The molecule has 0 bridgehead atoms. The minimum Gasteiger partial charge on any atom is -0.299 e. The Morgan fingerprint density at radius 1 is 1.07 bits per heavy atom. The lowest BCUT2D eigenvalue weighted by molar-refractivity contribution is -0.130. The third-order valence-electron chi connectivity index (χ3n) is 2.52. The fourth-order valence-corrected chi connectivity index (χ4v) is 1.86. The summed E-state index contributed by atoms with van der Waals surface area (Å²) in [6.45, 7) is 0. The summed E-state index contributed by atoms with van der Waals surface area (Å²) in [5, 5.41) is 0. The number of carbonyl (C=O) groups excluding carboxylic acids is 2. The Kier molecular flexibility index (Phi) is 2.39. The summed E-state index contributed by atoms with van der Waals surface area (Å²) in [6, 6.07) is 3.74. The molecule has 1 aromatic rings. The predicted molar refractivity (Wildman–Crippen MR) is 50.8 cm³/mol. The Hall–Kier alpha value is -1.51. The number of carbonyl (C=O) groups is 2. The summed E-state index contributed by atoms with van der Waals surface area (Å²) in [7, 11) is 0. The number of hydrogen-bond donors (Lipinski definition) is 0. The SMILES string of the molecule is O=C1CC(=O)CC(c2ccncc2)C1. The molecule has 1 aliphatic rings. The molecule has 0 amide bonds. The largest absolute Gasteiger partial charge is 0.299 e. The maximum atomic E-state index is 11.2. The van der Waals surface area contributed by atoms with Gasteiger partial charge in [0, 0.05) is 25.2 Å². The molecular formula is C11H11NO2.